The van der Waals surface area contributed by atoms with E-state index in [-0.39, 0.29) is 18.6 Å². The Morgan fingerprint density at radius 2 is 1.81 bits per heavy atom. The summed E-state index contributed by atoms with van der Waals surface area (Å²) in [6.45, 7) is 13.1. The van der Waals surface area contributed by atoms with Crippen LogP contribution in [0.15, 0.2) is 0 Å². The molecule has 0 aromatic rings. The molecule has 2 fully saturated rings. The van der Waals surface area contributed by atoms with E-state index >= 15 is 0 Å². The standard InChI is InChI=1S/C22H43N3O5S/c1-16(2)24(31(27,28)23-8)15-19-18(14-17-12-10-9-11-13-17)25(22(6,7)29-19)20(26)30-21(3,4)5/h16-19,23H,9-15H2,1-8H3/t18-,19+/m0/s1. The van der Waals surface area contributed by atoms with E-state index in [0.29, 0.717) is 5.92 Å². The van der Waals surface area contributed by atoms with Crippen LogP contribution in [0.4, 0.5) is 4.79 Å². The molecule has 182 valence electrons. The topological polar surface area (TPSA) is 88.2 Å². The lowest BCUT2D eigenvalue weighted by Crippen LogP contribution is -2.52. The lowest BCUT2D eigenvalue weighted by Gasteiger charge is -2.37. The first-order valence-corrected chi connectivity index (χ1v) is 13.0. The van der Waals surface area contributed by atoms with Crippen molar-refractivity contribution in [3.05, 3.63) is 0 Å². The van der Waals surface area contributed by atoms with Gasteiger partial charge in [-0.15, -0.1) is 0 Å². The number of nitrogens with one attached hydrogen (secondary N) is 1. The smallest absolute Gasteiger partial charge is 0.412 e. The van der Waals surface area contributed by atoms with Crippen molar-refractivity contribution in [2.45, 2.75) is 117 Å². The molecule has 1 N–H and O–H groups in total. The van der Waals surface area contributed by atoms with Gasteiger partial charge in [-0.05, 0) is 60.8 Å². The summed E-state index contributed by atoms with van der Waals surface area (Å²) in [5, 5.41) is 0. The van der Waals surface area contributed by atoms with E-state index in [1.165, 1.54) is 30.6 Å². The van der Waals surface area contributed by atoms with Crippen molar-refractivity contribution in [2.24, 2.45) is 5.92 Å². The maximum atomic E-state index is 13.2. The lowest BCUT2D eigenvalue weighted by atomic mass is 9.83. The van der Waals surface area contributed by atoms with E-state index in [1.807, 2.05) is 48.5 Å². The zero-order chi connectivity index (χ0) is 23.6. The molecule has 2 atom stereocenters. The van der Waals surface area contributed by atoms with Crippen molar-refractivity contribution < 1.29 is 22.7 Å². The highest BCUT2D eigenvalue weighted by Gasteiger charge is 2.52. The molecule has 2 rings (SSSR count). The Bertz CT molecular complexity index is 711. The van der Waals surface area contributed by atoms with Crippen LogP contribution < -0.4 is 4.72 Å². The molecule has 0 aromatic carbocycles. The second kappa shape index (κ2) is 9.93. The van der Waals surface area contributed by atoms with Gasteiger partial charge in [0.2, 0.25) is 0 Å². The Labute approximate surface area is 189 Å². The first-order chi connectivity index (χ1) is 14.2. The quantitative estimate of drug-likeness (QED) is 0.622. The predicted molar refractivity (Wildman–Crippen MR) is 122 cm³/mol. The van der Waals surface area contributed by atoms with Crippen molar-refractivity contribution in [1.82, 2.24) is 13.9 Å². The number of carbonyl (C=O) groups excluding carboxylic acids is 1. The molecule has 1 heterocycles. The van der Waals surface area contributed by atoms with Crippen molar-refractivity contribution in [3.63, 3.8) is 0 Å². The zero-order valence-electron chi connectivity index (χ0n) is 20.6. The number of amides is 1. The van der Waals surface area contributed by atoms with Crippen molar-refractivity contribution in [2.75, 3.05) is 13.6 Å². The van der Waals surface area contributed by atoms with Gasteiger partial charge in [0.15, 0.2) is 0 Å². The summed E-state index contributed by atoms with van der Waals surface area (Å²) in [7, 11) is -2.23. The Balaban J connectivity index is 2.36. The monoisotopic (exact) mass is 461 g/mol. The molecule has 0 bridgehead atoms. The maximum Gasteiger partial charge on any atom is 0.412 e. The average Bonchev–Trinajstić information content (AvgIpc) is 2.88. The number of rotatable bonds is 7. The van der Waals surface area contributed by atoms with Gasteiger partial charge in [0.1, 0.15) is 11.3 Å². The van der Waals surface area contributed by atoms with Crippen molar-refractivity contribution in [1.29, 1.82) is 0 Å². The van der Waals surface area contributed by atoms with Crippen LogP contribution in [0.3, 0.4) is 0 Å². The molecule has 0 radical (unpaired) electrons. The van der Waals surface area contributed by atoms with Gasteiger partial charge in [-0.2, -0.15) is 12.7 Å². The molecule has 31 heavy (non-hydrogen) atoms. The average molecular weight is 462 g/mol. The normalized spacial score (nSPS) is 25.4. The molecule has 9 heteroatoms. The highest BCUT2D eigenvalue weighted by Crippen LogP contribution is 2.39. The largest absolute Gasteiger partial charge is 0.444 e. The van der Waals surface area contributed by atoms with Gasteiger partial charge >= 0.3 is 6.09 Å². The van der Waals surface area contributed by atoms with Gasteiger partial charge in [-0.1, -0.05) is 32.1 Å². The molecule has 8 nitrogen and oxygen atoms in total. The summed E-state index contributed by atoms with van der Waals surface area (Å²) in [4.78, 5) is 14.9. The fraction of sp³-hybridized carbons (Fsp3) is 0.955. The first-order valence-electron chi connectivity index (χ1n) is 11.6. The Morgan fingerprint density at radius 1 is 1.23 bits per heavy atom. The SMILES string of the molecule is CNS(=O)(=O)N(C[C@H]1OC(C)(C)N(C(=O)OC(C)(C)C)[C@H]1CC1CCCCC1)C(C)C. The summed E-state index contributed by atoms with van der Waals surface area (Å²) in [6.07, 6.45) is 5.87. The zero-order valence-corrected chi connectivity index (χ0v) is 21.4. The number of nitrogens with zero attached hydrogens (tertiary/aromatic N) is 2. The van der Waals surface area contributed by atoms with E-state index in [4.69, 9.17) is 9.47 Å². The summed E-state index contributed by atoms with van der Waals surface area (Å²) in [5.41, 5.74) is -1.52. The lowest BCUT2D eigenvalue weighted by molar-refractivity contribution is -0.0812. The van der Waals surface area contributed by atoms with Gasteiger partial charge in [-0.3, -0.25) is 4.90 Å². The third-order valence-electron chi connectivity index (χ3n) is 6.17. The van der Waals surface area contributed by atoms with Crippen LogP contribution in [0.25, 0.3) is 0 Å². The van der Waals surface area contributed by atoms with Crippen LogP contribution in [0.2, 0.25) is 0 Å². The second-order valence-electron chi connectivity index (χ2n) is 10.6. The first kappa shape index (κ1) is 26.4. The summed E-state index contributed by atoms with van der Waals surface area (Å²) < 4.78 is 41.2. The number of ether oxygens (including phenoxy) is 2. The van der Waals surface area contributed by atoms with Crippen LogP contribution in [0, 0.1) is 5.92 Å². The summed E-state index contributed by atoms with van der Waals surface area (Å²) in [5.74, 6) is 0.497. The van der Waals surface area contributed by atoms with Crippen LogP contribution in [0.1, 0.15) is 87.0 Å². The molecule has 1 aliphatic carbocycles. The van der Waals surface area contributed by atoms with Crippen LogP contribution in [-0.2, 0) is 19.7 Å². The highest BCUT2D eigenvalue weighted by molar-refractivity contribution is 7.87. The van der Waals surface area contributed by atoms with E-state index in [1.54, 1.807) is 4.90 Å². The molecule has 1 aliphatic heterocycles. The predicted octanol–water partition coefficient (Wildman–Crippen LogP) is 3.87. The van der Waals surface area contributed by atoms with E-state index in [2.05, 4.69) is 4.72 Å². The molecule has 0 unspecified atom stereocenters. The van der Waals surface area contributed by atoms with E-state index < -0.39 is 33.7 Å². The Hall–Kier alpha value is -0.900. The fourth-order valence-electron chi connectivity index (χ4n) is 4.80. The van der Waals surface area contributed by atoms with Gasteiger partial charge < -0.3 is 9.47 Å². The fourth-order valence-corrected chi connectivity index (χ4v) is 5.93. The van der Waals surface area contributed by atoms with E-state index in [9.17, 15) is 13.2 Å². The minimum atomic E-state index is -3.64. The van der Waals surface area contributed by atoms with E-state index in [0.717, 1.165) is 19.3 Å². The molecular formula is C22H43N3O5S. The molecule has 1 saturated carbocycles. The Kier molecular flexibility index (Phi) is 8.44. The van der Waals surface area contributed by atoms with Gasteiger partial charge in [0.05, 0.1) is 12.1 Å². The molecular weight excluding hydrogens is 418 g/mol. The molecule has 1 saturated heterocycles. The van der Waals surface area contributed by atoms with Gasteiger partial charge in [0.25, 0.3) is 10.2 Å². The van der Waals surface area contributed by atoms with Crippen LogP contribution in [0.5, 0.6) is 0 Å². The maximum absolute atomic E-state index is 13.2. The van der Waals surface area contributed by atoms with Crippen molar-refractivity contribution >= 4 is 16.3 Å². The number of hydrogen-bond donors (Lipinski definition) is 1. The second-order valence-corrected chi connectivity index (χ2v) is 12.5. The third kappa shape index (κ3) is 6.79. The minimum absolute atomic E-state index is 0.182. The van der Waals surface area contributed by atoms with Crippen LogP contribution in [-0.4, -0.2) is 66.8 Å². The molecule has 2 aliphatic rings. The molecule has 0 spiro atoms. The minimum Gasteiger partial charge on any atom is -0.444 e. The summed E-state index contributed by atoms with van der Waals surface area (Å²) in [6, 6.07) is -0.490. The molecule has 1 amide bonds. The Morgan fingerprint density at radius 3 is 2.29 bits per heavy atom. The summed E-state index contributed by atoms with van der Waals surface area (Å²) >= 11 is 0. The molecule has 0 aromatic heterocycles. The van der Waals surface area contributed by atoms with Crippen LogP contribution >= 0.6 is 0 Å². The number of carbonyl (C=O) groups is 1. The number of hydrogen-bond acceptors (Lipinski definition) is 5. The van der Waals surface area contributed by atoms with Crippen molar-refractivity contribution in [3.8, 4) is 0 Å². The third-order valence-corrected chi connectivity index (χ3v) is 7.88. The van der Waals surface area contributed by atoms with Gasteiger partial charge in [-0.25, -0.2) is 9.52 Å². The van der Waals surface area contributed by atoms with Gasteiger partial charge in [0, 0.05) is 19.6 Å². The highest BCUT2D eigenvalue weighted by atomic mass is 32.2.